The van der Waals surface area contributed by atoms with E-state index in [0.29, 0.717) is 12.1 Å². The van der Waals surface area contributed by atoms with Gasteiger partial charge in [-0.25, -0.2) is 0 Å². The van der Waals surface area contributed by atoms with Crippen molar-refractivity contribution < 1.29 is 9.59 Å². The number of hydrogen-bond donors (Lipinski definition) is 0. The Kier molecular flexibility index (Phi) is 2.85. The number of carbonyl (C=O) groups is 2. The van der Waals surface area contributed by atoms with Crippen molar-refractivity contribution in [2.24, 2.45) is 0 Å². The molecule has 0 radical (unpaired) electrons. The Bertz CT molecular complexity index is 559. The Labute approximate surface area is 112 Å². The Morgan fingerprint density at radius 3 is 2.53 bits per heavy atom. The molecule has 0 bridgehead atoms. The highest BCUT2D eigenvalue weighted by molar-refractivity contribution is 6.53. The number of hydrogen-bond acceptors (Lipinski definition) is 3. The molecule has 1 amide bonds. The highest BCUT2D eigenvalue weighted by Gasteiger charge is 2.38. The number of anilines is 2. The zero-order valence-electron chi connectivity index (χ0n) is 10.8. The smallest absolute Gasteiger partial charge is 0.299 e. The number of amides is 1. The minimum absolute atomic E-state index is 0.376. The van der Waals surface area contributed by atoms with Gasteiger partial charge in [0.2, 0.25) is 0 Å². The fourth-order valence-electron chi connectivity index (χ4n) is 2.86. The van der Waals surface area contributed by atoms with Crippen molar-refractivity contribution >= 4 is 23.1 Å². The zero-order chi connectivity index (χ0) is 13.4. The SMILES string of the molecule is C=CCN1C(=O)C(=O)c2c(N3CCCC3)cccc21. The van der Waals surface area contributed by atoms with Crippen LogP contribution in [0.1, 0.15) is 23.2 Å². The molecule has 2 aliphatic heterocycles. The van der Waals surface area contributed by atoms with E-state index in [1.807, 2.05) is 18.2 Å². The quantitative estimate of drug-likeness (QED) is 0.613. The predicted octanol–water partition coefficient (Wildman–Crippen LogP) is 2.00. The molecule has 0 atom stereocenters. The number of Topliss-reactive ketones (excluding diaryl/α,β-unsaturated/α-hetero) is 1. The molecule has 0 spiro atoms. The summed E-state index contributed by atoms with van der Waals surface area (Å²) in [6.07, 6.45) is 3.92. The van der Waals surface area contributed by atoms with Gasteiger partial charge in [-0.3, -0.25) is 9.59 Å². The Morgan fingerprint density at radius 1 is 1.16 bits per heavy atom. The highest BCUT2D eigenvalue weighted by atomic mass is 16.2. The third-order valence-corrected chi connectivity index (χ3v) is 3.74. The van der Waals surface area contributed by atoms with Crippen LogP contribution >= 0.6 is 0 Å². The molecule has 0 saturated carbocycles. The summed E-state index contributed by atoms with van der Waals surface area (Å²) in [7, 11) is 0. The van der Waals surface area contributed by atoms with Gasteiger partial charge in [-0.2, -0.15) is 0 Å². The molecule has 19 heavy (non-hydrogen) atoms. The third kappa shape index (κ3) is 1.75. The van der Waals surface area contributed by atoms with Gasteiger partial charge in [-0.05, 0) is 25.0 Å². The molecule has 2 heterocycles. The van der Waals surface area contributed by atoms with Gasteiger partial charge in [-0.1, -0.05) is 12.1 Å². The fourth-order valence-corrected chi connectivity index (χ4v) is 2.86. The standard InChI is InChI=1S/C15H16N2O2/c1-2-8-17-12-7-5-6-11(16-9-3-4-10-16)13(12)14(18)15(17)19/h2,5-7H,1,3-4,8-10H2. The number of nitrogens with zero attached hydrogens (tertiary/aromatic N) is 2. The minimum Gasteiger partial charge on any atom is -0.371 e. The number of ketones is 1. The molecule has 98 valence electrons. The van der Waals surface area contributed by atoms with E-state index in [-0.39, 0.29) is 5.78 Å². The monoisotopic (exact) mass is 256 g/mol. The van der Waals surface area contributed by atoms with E-state index in [1.165, 1.54) is 4.90 Å². The van der Waals surface area contributed by atoms with Crippen LogP contribution in [0.5, 0.6) is 0 Å². The zero-order valence-corrected chi connectivity index (χ0v) is 10.8. The first-order valence-corrected chi connectivity index (χ1v) is 6.59. The molecular weight excluding hydrogens is 240 g/mol. The van der Waals surface area contributed by atoms with Crippen LogP contribution in [0, 0.1) is 0 Å². The molecule has 1 aromatic rings. The fraction of sp³-hybridized carbons (Fsp3) is 0.333. The summed E-state index contributed by atoms with van der Waals surface area (Å²) in [5.74, 6) is -0.833. The lowest BCUT2D eigenvalue weighted by Crippen LogP contribution is -2.29. The van der Waals surface area contributed by atoms with E-state index >= 15 is 0 Å². The van der Waals surface area contributed by atoms with Crippen LogP contribution in [0.3, 0.4) is 0 Å². The number of carbonyl (C=O) groups excluding carboxylic acids is 2. The van der Waals surface area contributed by atoms with Gasteiger partial charge in [0.1, 0.15) is 0 Å². The van der Waals surface area contributed by atoms with Crippen LogP contribution in [0.4, 0.5) is 11.4 Å². The first-order chi connectivity index (χ1) is 9.24. The summed E-state index contributed by atoms with van der Waals surface area (Å²) in [5, 5.41) is 0. The lowest BCUT2D eigenvalue weighted by atomic mass is 10.1. The number of rotatable bonds is 3. The van der Waals surface area contributed by atoms with Gasteiger partial charge in [0.15, 0.2) is 0 Å². The van der Waals surface area contributed by atoms with E-state index in [4.69, 9.17) is 0 Å². The summed E-state index contributed by atoms with van der Waals surface area (Å²) in [6.45, 7) is 5.93. The maximum Gasteiger partial charge on any atom is 0.299 e. The maximum atomic E-state index is 12.2. The largest absolute Gasteiger partial charge is 0.371 e. The molecule has 3 rings (SSSR count). The maximum absolute atomic E-state index is 12.2. The van der Waals surface area contributed by atoms with Crippen molar-refractivity contribution in [2.75, 3.05) is 29.4 Å². The second kappa shape index (κ2) is 4.53. The second-order valence-corrected chi connectivity index (χ2v) is 4.90. The average Bonchev–Trinajstić information content (AvgIpc) is 3.03. The van der Waals surface area contributed by atoms with Crippen molar-refractivity contribution in [1.29, 1.82) is 0 Å². The van der Waals surface area contributed by atoms with Crippen LogP contribution in [0.2, 0.25) is 0 Å². The van der Waals surface area contributed by atoms with Crippen molar-refractivity contribution in [3.05, 3.63) is 36.4 Å². The van der Waals surface area contributed by atoms with Gasteiger partial charge < -0.3 is 9.80 Å². The van der Waals surface area contributed by atoms with E-state index in [9.17, 15) is 9.59 Å². The molecule has 1 saturated heterocycles. The summed E-state index contributed by atoms with van der Waals surface area (Å²) in [4.78, 5) is 27.9. The lowest BCUT2D eigenvalue weighted by Gasteiger charge is -2.21. The average molecular weight is 256 g/mol. The second-order valence-electron chi connectivity index (χ2n) is 4.90. The lowest BCUT2D eigenvalue weighted by molar-refractivity contribution is -0.114. The molecule has 4 nitrogen and oxygen atoms in total. The van der Waals surface area contributed by atoms with Crippen LogP contribution in [-0.4, -0.2) is 31.3 Å². The molecule has 0 unspecified atom stereocenters. The van der Waals surface area contributed by atoms with Crippen LogP contribution in [-0.2, 0) is 4.79 Å². The van der Waals surface area contributed by atoms with Crippen LogP contribution in [0.15, 0.2) is 30.9 Å². The molecular formula is C15H16N2O2. The molecule has 2 aliphatic rings. The van der Waals surface area contributed by atoms with E-state index < -0.39 is 5.91 Å². The third-order valence-electron chi connectivity index (χ3n) is 3.74. The van der Waals surface area contributed by atoms with Crippen molar-refractivity contribution in [2.45, 2.75) is 12.8 Å². The van der Waals surface area contributed by atoms with Gasteiger partial charge >= 0.3 is 0 Å². The normalized spacial score (nSPS) is 18.1. The summed E-state index contributed by atoms with van der Waals surface area (Å²) in [6, 6.07) is 5.68. The Hall–Kier alpha value is -2.10. The Balaban J connectivity index is 2.09. The molecule has 1 fully saturated rings. The van der Waals surface area contributed by atoms with Gasteiger partial charge in [0.25, 0.3) is 11.7 Å². The van der Waals surface area contributed by atoms with Gasteiger partial charge in [0, 0.05) is 19.6 Å². The highest BCUT2D eigenvalue weighted by Crippen LogP contribution is 2.37. The Morgan fingerprint density at radius 2 is 1.84 bits per heavy atom. The number of benzene rings is 1. The summed E-state index contributed by atoms with van der Waals surface area (Å²) < 4.78 is 0. The van der Waals surface area contributed by atoms with Gasteiger partial charge in [-0.15, -0.1) is 6.58 Å². The molecule has 0 N–H and O–H groups in total. The van der Waals surface area contributed by atoms with Crippen molar-refractivity contribution in [3.63, 3.8) is 0 Å². The van der Waals surface area contributed by atoms with Crippen molar-refractivity contribution in [3.8, 4) is 0 Å². The van der Waals surface area contributed by atoms with Crippen molar-refractivity contribution in [1.82, 2.24) is 0 Å². The first kappa shape index (κ1) is 12.0. The molecule has 1 aromatic carbocycles. The summed E-state index contributed by atoms with van der Waals surface area (Å²) >= 11 is 0. The van der Waals surface area contributed by atoms with E-state index in [2.05, 4.69) is 11.5 Å². The number of fused-ring (bicyclic) bond motifs is 1. The van der Waals surface area contributed by atoms with Gasteiger partial charge in [0.05, 0.1) is 16.9 Å². The first-order valence-electron chi connectivity index (χ1n) is 6.59. The van der Waals surface area contributed by atoms with Crippen LogP contribution in [0.25, 0.3) is 0 Å². The predicted molar refractivity (Wildman–Crippen MR) is 74.8 cm³/mol. The van der Waals surface area contributed by atoms with Crippen LogP contribution < -0.4 is 9.80 Å². The van der Waals surface area contributed by atoms with E-state index in [1.54, 1.807) is 6.08 Å². The molecule has 0 aliphatic carbocycles. The molecule has 4 heteroatoms. The minimum atomic E-state index is -0.443. The summed E-state index contributed by atoms with van der Waals surface area (Å²) in [5.41, 5.74) is 2.19. The molecule has 0 aromatic heterocycles. The van der Waals surface area contributed by atoms with E-state index in [0.717, 1.165) is 37.3 Å². The topological polar surface area (TPSA) is 40.6 Å².